The minimum atomic E-state index is -0.438. The van der Waals surface area contributed by atoms with Crippen LogP contribution in [0.3, 0.4) is 0 Å². The van der Waals surface area contributed by atoms with Crippen molar-refractivity contribution in [3.8, 4) is 17.2 Å². The first-order valence-electron chi connectivity index (χ1n) is 9.77. The van der Waals surface area contributed by atoms with Crippen LogP contribution in [0, 0.1) is 0 Å². The Kier molecular flexibility index (Phi) is 4.75. The number of hydrazone groups is 1. The zero-order valence-corrected chi connectivity index (χ0v) is 17.5. The van der Waals surface area contributed by atoms with E-state index in [1.54, 1.807) is 14.2 Å². The lowest BCUT2D eigenvalue weighted by molar-refractivity contribution is -0.0204. The van der Waals surface area contributed by atoms with E-state index < -0.39 is 6.23 Å². The van der Waals surface area contributed by atoms with Crippen molar-refractivity contribution < 1.29 is 14.2 Å². The van der Waals surface area contributed by atoms with Gasteiger partial charge in [-0.3, -0.25) is 0 Å². The zero-order valence-electron chi connectivity index (χ0n) is 16.7. The summed E-state index contributed by atoms with van der Waals surface area (Å²) >= 11 is 6.23. The minimum Gasteiger partial charge on any atom is -0.497 e. The number of hydrogen-bond acceptors (Lipinski definition) is 5. The molecule has 2 heterocycles. The molecule has 5 rings (SSSR count). The molecule has 152 valence electrons. The van der Waals surface area contributed by atoms with Crippen molar-refractivity contribution in [1.29, 1.82) is 0 Å². The van der Waals surface area contributed by atoms with Crippen LogP contribution in [-0.4, -0.2) is 24.9 Å². The van der Waals surface area contributed by atoms with Gasteiger partial charge in [-0.2, -0.15) is 5.10 Å². The summed E-state index contributed by atoms with van der Waals surface area (Å²) < 4.78 is 17.5. The summed E-state index contributed by atoms with van der Waals surface area (Å²) in [4.78, 5) is 0. The van der Waals surface area contributed by atoms with E-state index in [2.05, 4.69) is 6.07 Å². The number of para-hydroxylation sites is 1. The number of rotatable bonds is 4. The molecule has 3 aromatic carbocycles. The van der Waals surface area contributed by atoms with Crippen LogP contribution in [0.15, 0.2) is 71.8 Å². The normalized spacial score (nSPS) is 19.4. The van der Waals surface area contributed by atoms with Gasteiger partial charge in [0.1, 0.15) is 17.2 Å². The maximum atomic E-state index is 6.44. The van der Waals surface area contributed by atoms with Crippen molar-refractivity contribution in [3.05, 3.63) is 88.4 Å². The van der Waals surface area contributed by atoms with Crippen molar-refractivity contribution in [1.82, 2.24) is 5.01 Å². The standard InChI is InChI=1S/C24H21ClN2O3/c1-28-17-10-11-22(29-2)19(13-17)24-27-21(18-8-3-4-9-23(18)30-24)14-20(26-27)15-6-5-7-16(25)12-15/h3-13,21,24H,14H2,1-2H3/t21-,24+/m0/s1. The predicted molar refractivity (Wildman–Crippen MR) is 117 cm³/mol. The fraction of sp³-hybridized carbons (Fsp3) is 0.208. The highest BCUT2D eigenvalue weighted by atomic mass is 35.5. The van der Waals surface area contributed by atoms with Crippen LogP contribution in [0.2, 0.25) is 5.02 Å². The van der Waals surface area contributed by atoms with E-state index in [9.17, 15) is 0 Å². The van der Waals surface area contributed by atoms with Crippen LogP contribution >= 0.6 is 11.6 Å². The van der Waals surface area contributed by atoms with Crippen LogP contribution in [0.25, 0.3) is 0 Å². The largest absolute Gasteiger partial charge is 0.497 e. The highest BCUT2D eigenvalue weighted by molar-refractivity contribution is 6.31. The lowest BCUT2D eigenvalue weighted by Gasteiger charge is -2.38. The lowest BCUT2D eigenvalue weighted by Crippen LogP contribution is -2.33. The fourth-order valence-electron chi connectivity index (χ4n) is 4.11. The summed E-state index contributed by atoms with van der Waals surface area (Å²) in [5, 5.41) is 7.70. The highest BCUT2D eigenvalue weighted by Gasteiger charge is 2.42. The summed E-state index contributed by atoms with van der Waals surface area (Å²) in [7, 11) is 3.31. The lowest BCUT2D eigenvalue weighted by atomic mass is 9.96. The van der Waals surface area contributed by atoms with Gasteiger partial charge in [0.05, 0.1) is 31.5 Å². The average Bonchev–Trinajstić information content (AvgIpc) is 3.24. The van der Waals surface area contributed by atoms with Crippen molar-refractivity contribution in [3.63, 3.8) is 0 Å². The molecule has 2 atom stereocenters. The van der Waals surface area contributed by atoms with Gasteiger partial charge in [0, 0.05) is 17.0 Å². The topological polar surface area (TPSA) is 43.3 Å². The Morgan fingerprint density at radius 1 is 0.967 bits per heavy atom. The summed E-state index contributed by atoms with van der Waals surface area (Å²) in [6, 6.07) is 21.7. The number of hydrogen-bond donors (Lipinski definition) is 0. The van der Waals surface area contributed by atoms with E-state index in [0.717, 1.165) is 46.1 Å². The van der Waals surface area contributed by atoms with Crippen LogP contribution < -0.4 is 14.2 Å². The predicted octanol–water partition coefficient (Wildman–Crippen LogP) is 5.60. The van der Waals surface area contributed by atoms with Crippen molar-refractivity contribution >= 4 is 17.3 Å². The van der Waals surface area contributed by atoms with Crippen LogP contribution in [-0.2, 0) is 0 Å². The zero-order chi connectivity index (χ0) is 20.7. The molecule has 3 aromatic rings. The molecule has 30 heavy (non-hydrogen) atoms. The molecule has 0 bridgehead atoms. The van der Waals surface area contributed by atoms with Crippen molar-refractivity contribution in [2.45, 2.75) is 18.7 Å². The number of nitrogens with zero attached hydrogens (tertiary/aromatic N) is 2. The molecule has 0 amide bonds. The Balaban J connectivity index is 1.63. The molecule has 0 saturated heterocycles. The van der Waals surface area contributed by atoms with Gasteiger partial charge in [0.15, 0.2) is 0 Å². The SMILES string of the molecule is COc1ccc(OC)c([C@H]2Oc3ccccc3[C@@H]3CC(c4cccc(Cl)c4)=NN23)c1. The van der Waals surface area contributed by atoms with Crippen molar-refractivity contribution in [2.75, 3.05) is 14.2 Å². The molecule has 5 nitrogen and oxygen atoms in total. The molecule has 0 unspecified atom stereocenters. The van der Waals surface area contributed by atoms with Gasteiger partial charge in [0.2, 0.25) is 6.23 Å². The van der Waals surface area contributed by atoms with Crippen molar-refractivity contribution in [2.24, 2.45) is 5.10 Å². The number of benzene rings is 3. The molecule has 0 N–H and O–H groups in total. The maximum Gasteiger partial charge on any atom is 0.217 e. The molecular formula is C24H21ClN2O3. The molecule has 6 heteroatoms. The molecule has 0 radical (unpaired) electrons. The first kappa shape index (κ1) is 18.8. The Bertz CT molecular complexity index is 1130. The average molecular weight is 421 g/mol. The van der Waals surface area contributed by atoms with E-state index in [0.29, 0.717) is 5.02 Å². The minimum absolute atomic E-state index is 0.0600. The van der Waals surface area contributed by atoms with Crippen LogP contribution in [0.4, 0.5) is 0 Å². The second kappa shape index (κ2) is 7.58. The molecule has 0 spiro atoms. The van der Waals surface area contributed by atoms with Gasteiger partial charge in [0.25, 0.3) is 0 Å². The van der Waals surface area contributed by atoms with Crippen LogP contribution in [0.5, 0.6) is 17.2 Å². The van der Waals surface area contributed by atoms with E-state index in [-0.39, 0.29) is 6.04 Å². The second-order valence-electron chi connectivity index (χ2n) is 7.27. The van der Waals surface area contributed by atoms with Gasteiger partial charge < -0.3 is 14.2 Å². The Morgan fingerprint density at radius 2 is 1.83 bits per heavy atom. The Hall–Kier alpha value is -3.18. The Labute approximate surface area is 180 Å². The fourth-order valence-corrected chi connectivity index (χ4v) is 4.30. The number of methoxy groups -OCH3 is 2. The summed E-state index contributed by atoms with van der Waals surface area (Å²) in [6.45, 7) is 0. The third-order valence-electron chi connectivity index (χ3n) is 5.56. The Morgan fingerprint density at radius 3 is 2.63 bits per heavy atom. The highest BCUT2D eigenvalue weighted by Crippen LogP contribution is 2.49. The smallest absolute Gasteiger partial charge is 0.217 e. The van der Waals surface area contributed by atoms with Gasteiger partial charge in [-0.15, -0.1) is 0 Å². The first-order valence-corrected chi connectivity index (χ1v) is 10.1. The molecule has 2 aliphatic rings. The summed E-state index contributed by atoms with van der Waals surface area (Å²) in [6.07, 6.45) is 0.329. The van der Waals surface area contributed by atoms with E-state index in [1.807, 2.05) is 65.7 Å². The van der Waals surface area contributed by atoms with Crippen LogP contribution in [0.1, 0.15) is 35.4 Å². The van der Waals surface area contributed by atoms with E-state index in [4.69, 9.17) is 30.9 Å². The number of fused-ring (bicyclic) bond motifs is 3. The maximum absolute atomic E-state index is 6.44. The quantitative estimate of drug-likeness (QED) is 0.551. The summed E-state index contributed by atoms with van der Waals surface area (Å²) in [5.74, 6) is 2.32. The molecule has 0 aliphatic carbocycles. The molecule has 0 fully saturated rings. The number of ether oxygens (including phenoxy) is 3. The monoisotopic (exact) mass is 420 g/mol. The summed E-state index contributed by atoms with van der Waals surface area (Å²) in [5.41, 5.74) is 3.99. The first-order chi connectivity index (χ1) is 14.7. The third kappa shape index (κ3) is 3.15. The van der Waals surface area contributed by atoms with Gasteiger partial charge in [-0.05, 0) is 42.0 Å². The molecule has 0 aromatic heterocycles. The van der Waals surface area contributed by atoms with E-state index >= 15 is 0 Å². The molecule has 2 aliphatic heterocycles. The van der Waals surface area contributed by atoms with Gasteiger partial charge in [-0.25, -0.2) is 5.01 Å². The van der Waals surface area contributed by atoms with Gasteiger partial charge in [-0.1, -0.05) is 41.9 Å². The second-order valence-corrected chi connectivity index (χ2v) is 7.71. The van der Waals surface area contributed by atoms with E-state index in [1.165, 1.54) is 0 Å². The number of halogens is 1. The molecule has 0 saturated carbocycles. The van der Waals surface area contributed by atoms with Gasteiger partial charge >= 0.3 is 0 Å². The third-order valence-corrected chi connectivity index (χ3v) is 5.79. The molecular weight excluding hydrogens is 400 g/mol.